The van der Waals surface area contributed by atoms with Crippen LogP contribution >= 0.6 is 46.3 Å². The molecule has 2 heterocycles. The van der Waals surface area contributed by atoms with E-state index in [1.165, 1.54) is 28.0 Å². The predicted octanol–water partition coefficient (Wildman–Crippen LogP) is 9.53. The molecule has 2 aromatic heterocycles. The second-order valence-corrected chi connectivity index (χ2v) is 14.2. The van der Waals surface area contributed by atoms with Crippen LogP contribution in [0.25, 0.3) is 22.4 Å². The Hall–Kier alpha value is -2.35. The van der Waals surface area contributed by atoms with Gasteiger partial charge in [-0.1, -0.05) is 84.7 Å². The lowest BCUT2D eigenvalue weighted by Crippen LogP contribution is -2.12. The number of benzene rings is 2. The van der Waals surface area contributed by atoms with E-state index in [0.29, 0.717) is 9.36 Å². The first-order valence-electron chi connectivity index (χ1n) is 13.8. The molecule has 0 spiro atoms. The van der Waals surface area contributed by atoms with E-state index < -0.39 is 5.97 Å². The van der Waals surface area contributed by atoms with Gasteiger partial charge in [0.25, 0.3) is 0 Å². The molecule has 2 aromatic carbocycles. The molecule has 1 aliphatic carbocycles. The molecule has 4 aromatic rings. The van der Waals surface area contributed by atoms with Gasteiger partial charge in [-0.3, -0.25) is 4.79 Å². The maximum Gasteiger partial charge on any atom is 0.303 e. The zero-order chi connectivity index (χ0) is 29.0. The first-order chi connectivity index (χ1) is 19.8. The lowest BCUT2D eigenvalue weighted by atomic mass is 9.92. The smallest absolute Gasteiger partial charge is 0.303 e. The number of rotatable bonds is 13. The zero-order valence-electron chi connectivity index (χ0n) is 22.9. The summed E-state index contributed by atoms with van der Waals surface area (Å²) in [6.07, 6.45) is 8.06. The Morgan fingerprint density at radius 2 is 1.93 bits per heavy atom. The molecular formula is C33H33Cl2NO3S2. The van der Waals surface area contributed by atoms with Crippen LogP contribution in [0, 0.1) is 5.41 Å². The maximum absolute atomic E-state index is 11.5. The molecule has 5 rings (SSSR count). The third-order valence-corrected chi connectivity index (χ3v) is 11.4. The van der Waals surface area contributed by atoms with Gasteiger partial charge in [-0.15, -0.1) is 11.3 Å². The summed E-state index contributed by atoms with van der Waals surface area (Å²) in [6, 6.07) is 20.9. The van der Waals surface area contributed by atoms with Crippen molar-refractivity contribution in [3.05, 3.63) is 98.0 Å². The Kier molecular flexibility index (Phi) is 9.77. The first-order valence-corrected chi connectivity index (χ1v) is 16.4. The second kappa shape index (κ2) is 13.3. The van der Waals surface area contributed by atoms with Gasteiger partial charge in [-0.2, -0.15) is 11.8 Å². The van der Waals surface area contributed by atoms with E-state index in [9.17, 15) is 15.0 Å². The minimum absolute atomic E-state index is 0.0777. The van der Waals surface area contributed by atoms with Crippen molar-refractivity contribution < 1.29 is 15.0 Å². The standard InChI is InChI=1S/C33H33Cl2NO3S2/c1-21(19-37)26-8-3-2-6-23(26)10-13-27(40-20-33(15-16-33)18-29(38)39)24-7-4-5-22(17-24)9-11-25-12-14-28-31(36-25)30(34)32(35)41-28/h2-9,11-12,14,17,21,27,37H,10,13,15-16,18-20H2,1H3,(H,38,39)/t21-,27?/m0/s1. The van der Waals surface area contributed by atoms with Crippen molar-refractivity contribution in [3.63, 3.8) is 0 Å². The van der Waals surface area contributed by atoms with Crippen LogP contribution in [0.2, 0.25) is 9.36 Å². The topological polar surface area (TPSA) is 70.4 Å². The molecule has 4 nitrogen and oxygen atoms in total. The molecular weight excluding hydrogens is 593 g/mol. The lowest BCUT2D eigenvalue weighted by Gasteiger charge is -2.22. The molecule has 8 heteroatoms. The number of aryl methyl sites for hydroxylation is 1. The average Bonchev–Trinajstić information content (AvgIpc) is 3.67. The number of fused-ring (bicyclic) bond motifs is 1. The third kappa shape index (κ3) is 7.54. The Bertz CT molecular complexity index is 1560. The van der Waals surface area contributed by atoms with Crippen LogP contribution in [-0.4, -0.2) is 33.5 Å². The number of aliphatic hydroxyl groups is 1. The van der Waals surface area contributed by atoms with E-state index in [4.69, 9.17) is 23.2 Å². The summed E-state index contributed by atoms with van der Waals surface area (Å²) >= 11 is 15.8. The number of thioether (sulfide) groups is 1. The van der Waals surface area contributed by atoms with Crippen molar-refractivity contribution >= 4 is 74.6 Å². The quantitative estimate of drug-likeness (QED) is 0.155. The SMILES string of the molecule is C[C@@H](CO)c1ccccc1CCC(SCC1(CC(=O)O)CC1)c1cccc(C=Cc2ccc3sc(Cl)c(Cl)c3n2)c1. The van der Waals surface area contributed by atoms with Gasteiger partial charge in [-0.05, 0) is 71.6 Å². The fraction of sp³-hybridized carbons (Fsp3) is 0.333. The molecule has 214 valence electrons. The van der Waals surface area contributed by atoms with Gasteiger partial charge in [0.2, 0.25) is 0 Å². The molecule has 1 fully saturated rings. The molecule has 0 amide bonds. The summed E-state index contributed by atoms with van der Waals surface area (Å²) in [5.41, 5.74) is 6.21. The molecule has 41 heavy (non-hydrogen) atoms. The van der Waals surface area contributed by atoms with Crippen molar-refractivity contribution in [1.29, 1.82) is 0 Å². The van der Waals surface area contributed by atoms with E-state index in [1.54, 1.807) is 0 Å². The van der Waals surface area contributed by atoms with E-state index in [0.717, 1.165) is 52.9 Å². The average molecular weight is 627 g/mol. The fourth-order valence-corrected chi connectivity index (χ4v) is 8.18. The number of carboxylic acid groups (broad SMARTS) is 1. The molecule has 0 radical (unpaired) electrons. The molecule has 1 saturated carbocycles. The van der Waals surface area contributed by atoms with Crippen molar-refractivity contribution in [1.82, 2.24) is 4.98 Å². The van der Waals surface area contributed by atoms with Crippen LogP contribution in [0.3, 0.4) is 0 Å². The zero-order valence-corrected chi connectivity index (χ0v) is 26.0. The Morgan fingerprint density at radius 1 is 1.12 bits per heavy atom. The molecule has 2 atom stereocenters. The van der Waals surface area contributed by atoms with Crippen LogP contribution in [0.15, 0.2) is 60.7 Å². The van der Waals surface area contributed by atoms with Crippen LogP contribution in [0.5, 0.6) is 0 Å². The lowest BCUT2D eigenvalue weighted by molar-refractivity contribution is -0.138. The number of aliphatic hydroxyl groups excluding tert-OH is 1. The Morgan fingerprint density at radius 3 is 2.68 bits per heavy atom. The highest BCUT2D eigenvalue weighted by Gasteiger charge is 2.44. The highest BCUT2D eigenvalue weighted by Crippen LogP contribution is 2.53. The maximum atomic E-state index is 11.5. The number of carboxylic acids is 1. The number of carbonyl (C=O) groups is 1. The van der Waals surface area contributed by atoms with Crippen molar-refractivity contribution in [2.75, 3.05) is 12.4 Å². The van der Waals surface area contributed by atoms with Gasteiger partial charge < -0.3 is 10.2 Å². The van der Waals surface area contributed by atoms with Gasteiger partial charge in [0.05, 0.1) is 21.8 Å². The highest BCUT2D eigenvalue weighted by atomic mass is 35.5. The van der Waals surface area contributed by atoms with E-state index in [1.807, 2.05) is 36.0 Å². The molecule has 0 bridgehead atoms. The van der Waals surface area contributed by atoms with E-state index >= 15 is 0 Å². The number of pyridine rings is 1. The summed E-state index contributed by atoms with van der Waals surface area (Å²) in [6.45, 7) is 2.17. The summed E-state index contributed by atoms with van der Waals surface area (Å²) in [7, 11) is 0. The fourth-order valence-electron chi connectivity index (χ4n) is 5.19. The first kappa shape index (κ1) is 30.1. The monoisotopic (exact) mass is 625 g/mol. The van der Waals surface area contributed by atoms with Crippen LogP contribution in [0.4, 0.5) is 0 Å². The molecule has 1 unspecified atom stereocenters. The third-order valence-electron chi connectivity index (χ3n) is 7.80. The number of aliphatic carboxylic acids is 1. The summed E-state index contributed by atoms with van der Waals surface area (Å²) in [4.78, 5) is 16.2. The number of aromatic nitrogens is 1. The van der Waals surface area contributed by atoms with Gasteiger partial charge >= 0.3 is 5.97 Å². The Balaban J connectivity index is 1.37. The van der Waals surface area contributed by atoms with Gasteiger partial charge in [0.1, 0.15) is 9.85 Å². The van der Waals surface area contributed by atoms with E-state index in [2.05, 4.69) is 60.4 Å². The Labute approximate surface area is 259 Å². The van der Waals surface area contributed by atoms with Crippen LogP contribution < -0.4 is 0 Å². The van der Waals surface area contributed by atoms with E-state index in [-0.39, 0.29) is 29.6 Å². The summed E-state index contributed by atoms with van der Waals surface area (Å²) < 4.78 is 1.52. The molecule has 0 aliphatic heterocycles. The summed E-state index contributed by atoms with van der Waals surface area (Å²) in [5.74, 6) is 0.215. The van der Waals surface area contributed by atoms with Gasteiger partial charge in [-0.25, -0.2) is 4.98 Å². The van der Waals surface area contributed by atoms with Gasteiger partial charge in [0, 0.05) is 23.5 Å². The largest absolute Gasteiger partial charge is 0.481 e. The number of hydrogen-bond acceptors (Lipinski definition) is 5. The van der Waals surface area contributed by atoms with Gasteiger partial charge in [0.15, 0.2) is 0 Å². The predicted molar refractivity (Wildman–Crippen MR) is 174 cm³/mol. The number of thiophene rings is 1. The molecule has 2 N–H and O–H groups in total. The minimum atomic E-state index is -0.712. The van der Waals surface area contributed by atoms with Crippen LogP contribution in [-0.2, 0) is 11.2 Å². The minimum Gasteiger partial charge on any atom is -0.481 e. The second-order valence-electron chi connectivity index (χ2n) is 11.0. The van der Waals surface area contributed by atoms with Crippen molar-refractivity contribution in [3.8, 4) is 0 Å². The normalized spacial score (nSPS) is 15.8. The van der Waals surface area contributed by atoms with Crippen molar-refractivity contribution in [2.24, 2.45) is 5.41 Å². The highest BCUT2D eigenvalue weighted by molar-refractivity contribution is 7.99. The van der Waals surface area contributed by atoms with Crippen molar-refractivity contribution in [2.45, 2.75) is 50.2 Å². The van der Waals surface area contributed by atoms with Crippen LogP contribution in [0.1, 0.15) is 71.7 Å². The number of nitrogens with zero attached hydrogens (tertiary/aromatic N) is 1. The molecule has 0 saturated heterocycles. The summed E-state index contributed by atoms with van der Waals surface area (Å²) in [5, 5.41) is 19.9. The molecule has 1 aliphatic rings. The number of halogens is 2. The number of hydrogen-bond donors (Lipinski definition) is 2.